The fraction of sp³-hybridized carbons (Fsp3) is 0. The van der Waals surface area contributed by atoms with Crippen molar-refractivity contribution in [3.63, 3.8) is 0 Å². The minimum absolute atomic E-state index is 1.16. The largest absolute Gasteiger partial charge is 0.309 e. The minimum Gasteiger partial charge on any atom is -0.309 e. The Morgan fingerprint density at radius 2 is 0.560 bits per heavy atom. The van der Waals surface area contributed by atoms with Gasteiger partial charge in [-0.3, -0.25) is 0 Å². The van der Waals surface area contributed by atoms with Crippen LogP contribution < -0.4 is 0 Å². The molecule has 0 radical (unpaired) electrons. The molecule has 2 heterocycles. The Balaban J connectivity index is 1.02. The van der Waals surface area contributed by atoms with Crippen LogP contribution in [0.4, 0.5) is 0 Å². The number of hydrogen-bond donors (Lipinski definition) is 0. The van der Waals surface area contributed by atoms with Crippen LogP contribution in [-0.2, 0) is 0 Å². The lowest BCUT2D eigenvalue weighted by molar-refractivity contribution is 1.18. The average Bonchev–Trinajstić information content (AvgIpc) is 3.71. The minimum atomic E-state index is 1.16. The highest BCUT2D eigenvalue weighted by molar-refractivity contribution is 6.11. The molecule has 0 N–H and O–H groups in total. The van der Waals surface area contributed by atoms with E-state index in [0.717, 1.165) is 5.69 Å². The van der Waals surface area contributed by atoms with Gasteiger partial charge in [0.2, 0.25) is 0 Å². The Labute approximate surface area is 290 Å². The molecule has 0 saturated heterocycles. The van der Waals surface area contributed by atoms with E-state index in [-0.39, 0.29) is 0 Å². The van der Waals surface area contributed by atoms with Gasteiger partial charge >= 0.3 is 0 Å². The Morgan fingerprint density at radius 3 is 1.08 bits per heavy atom. The number of nitrogens with zero attached hydrogens (tertiary/aromatic N) is 2. The molecule has 0 bridgehead atoms. The molecule has 0 aliphatic carbocycles. The standard InChI is InChI=1S/C48H32N2/c1-3-11-33(12-4-1)34-23-27-40(28-24-34)50-46-18-10-8-16-42(46)44-32-38(26-30-48(44)50)36-21-19-35(20-22-36)37-25-29-47-43(31-37)41-15-7-9-17-45(41)49(47)39-13-5-2-6-14-39/h1-32H. The lowest BCUT2D eigenvalue weighted by Crippen LogP contribution is -1.93. The number of rotatable bonds is 5. The highest BCUT2D eigenvalue weighted by Gasteiger charge is 2.15. The van der Waals surface area contributed by atoms with E-state index in [1.165, 1.54) is 82.7 Å². The number of benzene rings is 8. The molecule has 0 amide bonds. The quantitative estimate of drug-likeness (QED) is 0.178. The summed E-state index contributed by atoms with van der Waals surface area (Å²) in [5.74, 6) is 0. The molecule has 234 valence electrons. The van der Waals surface area contributed by atoms with Crippen LogP contribution in [0.1, 0.15) is 0 Å². The molecule has 0 spiro atoms. The van der Waals surface area contributed by atoms with Gasteiger partial charge in [-0.05, 0) is 94.0 Å². The molecule has 2 aromatic heterocycles. The van der Waals surface area contributed by atoms with Gasteiger partial charge in [0.25, 0.3) is 0 Å². The fourth-order valence-electron chi connectivity index (χ4n) is 7.73. The van der Waals surface area contributed by atoms with Crippen molar-refractivity contribution in [2.75, 3.05) is 0 Å². The molecule has 0 aliphatic heterocycles. The third kappa shape index (κ3) is 4.57. The lowest BCUT2D eigenvalue weighted by atomic mass is 9.98. The molecule has 0 aliphatic rings. The van der Waals surface area contributed by atoms with Crippen molar-refractivity contribution in [1.29, 1.82) is 0 Å². The summed E-state index contributed by atoms with van der Waals surface area (Å²) in [7, 11) is 0. The van der Waals surface area contributed by atoms with Crippen LogP contribution >= 0.6 is 0 Å². The number of aromatic nitrogens is 2. The van der Waals surface area contributed by atoms with Crippen molar-refractivity contribution in [2.24, 2.45) is 0 Å². The Morgan fingerprint density at radius 1 is 0.220 bits per heavy atom. The van der Waals surface area contributed by atoms with E-state index in [4.69, 9.17) is 0 Å². The van der Waals surface area contributed by atoms with E-state index in [0.29, 0.717) is 0 Å². The maximum atomic E-state index is 2.39. The van der Waals surface area contributed by atoms with E-state index in [9.17, 15) is 0 Å². The molecular weight excluding hydrogens is 605 g/mol. The second-order valence-corrected chi connectivity index (χ2v) is 13.0. The van der Waals surface area contributed by atoms with Crippen LogP contribution in [0, 0.1) is 0 Å². The topological polar surface area (TPSA) is 9.86 Å². The summed E-state index contributed by atoms with van der Waals surface area (Å²) in [6.07, 6.45) is 0. The van der Waals surface area contributed by atoms with E-state index in [1.54, 1.807) is 0 Å². The third-order valence-electron chi connectivity index (χ3n) is 10.1. The first-order valence-corrected chi connectivity index (χ1v) is 17.2. The monoisotopic (exact) mass is 636 g/mol. The van der Waals surface area contributed by atoms with Crippen molar-refractivity contribution in [1.82, 2.24) is 9.13 Å². The first-order valence-electron chi connectivity index (χ1n) is 17.2. The van der Waals surface area contributed by atoms with Crippen molar-refractivity contribution >= 4 is 43.6 Å². The van der Waals surface area contributed by atoms with Crippen LogP contribution in [-0.4, -0.2) is 9.13 Å². The smallest absolute Gasteiger partial charge is 0.0541 e. The lowest BCUT2D eigenvalue weighted by Gasteiger charge is -2.10. The maximum absolute atomic E-state index is 2.39. The van der Waals surface area contributed by atoms with Gasteiger partial charge in [0.05, 0.1) is 22.1 Å². The number of fused-ring (bicyclic) bond motifs is 6. The molecule has 50 heavy (non-hydrogen) atoms. The molecule has 0 fully saturated rings. The fourth-order valence-corrected chi connectivity index (χ4v) is 7.73. The summed E-state index contributed by atoms with van der Waals surface area (Å²) < 4.78 is 4.75. The molecule has 0 atom stereocenters. The number of hydrogen-bond acceptors (Lipinski definition) is 0. The first-order chi connectivity index (χ1) is 24.8. The zero-order chi connectivity index (χ0) is 33.0. The van der Waals surface area contributed by atoms with Crippen LogP contribution in [0.5, 0.6) is 0 Å². The van der Waals surface area contributed by atoms with E-state index in [1.807, 2.05) is 0 Å². The van der Waals surface area contributed by atoms with Crippen LogP contribution in [0.15, 0.2) is 194 Å². The maximum Gasteiger partial charge on any atom is 0.0541 e. The second kappa shape index (κ2) is 11.5. The predicted octanol–water partition coefficient (Wildman–Crippen LogP) is 12.9. The zero-order valence-electron chi connectivity index (χ0n) is 27.4. The summed E-state index contributed by atoms with van der Waals surface area (Å²) in [6, 6.07) is 70.3. The molecule has 10 rings (SSSR count). The van der Waals surface area contributed by atoms with Gasteiger partial charge in [-0.2, -0.15) is 0 Å². The highest BCUT2D eigenvalue weighted by atomic mass is 15.0. The molecule has 8 aromatic carbocycles. The van der Waals surface area contributed by atoms with Crippen molar-refractivity contribution < 1.29 is 0 Å². The van der Waals surface area contributed by atoms with Gasteiger partial charge in [-0.15, -0.1) is 0 Å². The molecule has 10 aromatic rings. The highest BCUT2D eigenvalue weighted by Crippen LogP contribution is 2.38. The van der Waals surface area contributed by atoms with E-state index >= 15 is 0 Å². The summed E-state index contributed by atoms with van der Waals surface area (Å²) in [5, 5.41) is 5.05. The summed E-state index contributed by atoms with van der Waals surface area (Å²) >= 11 is 0. The third-order valence-corrected chi connectivity index (χ3v) is 10.1. The summed E-state index contributed by atoms with van der Waals surface area (Å²) in [4.78, 5) is 0. The van der Waals surface area contributed by atoms with Gasteiger partial charge in [-0.1, -0.05) is 133 Å². The van der Waals surface area contributed by atoms with Crippen molar-refractivity contribution in [3.05, 3.63) is 194 Å². The Kier molecular flexibility index (Phi) is 6.53. The van der Waals surface area contributed by atoms with E-state index < -0.39 is 0 Å². The van der Waals surface area contributed by atoms with Gasteiger partial charge in [0, 0.05) is 32.9 Å². The van der Waals surface area contributed by atoms with Gasteiger partial charge in [0.1, 0.15) is 0 Å². The van der Waals surface area contributed by atoms with Gasteiger partial charge in [-0.25, -0.2) is 0 Å². The zero-order valence-corrected chi connectivity index (χ0v) is 27.4. The van der Waals surface area contributed by atoms with Crippen molar-refractivity contribution in [2.45, 2.75) is 0 Å². The molecule has 0 unspecified atom stereocenters. The van der Waals surface area contributed by atoms with Crippen LogP contribution in [0.2, 0.25) is 0 Å². The predicted molar refractivity (Wildman–Crippen MR) is 211 cm³/mol. The van der Waals surface area contributed by atoms with Crippen LogP contribution in [0.25, 0.3) is 88.4 Å². The van der Waals surface area contributed by atoms with Crippen molar-refractivity contribution in [3.8, 4) is 44.8 Å². The summed E-state index contributed by atoms with van der Waals surface area (Å²) in [6.45, 7) is 0. The van der Waals surface area contributed by atoms with E-state index in [2.05, 4.69) is 203 Å². The van der Waals surface area contributed by atoms with Gasteiger partial charge in [0.15, 0.2) is 0 Å². The second-order valence-electron chi connectivity index (χ2n) is 13.0. The molecule has 2 heteroatoms. The molecular formula is C48H32N2. The van der Waals surface area contributed by atoms with Gasteiger partial charge < -0.3 is 9.13 Å². The SMILES string of the molecule is c1ccc(-c2ccc(-n3c4ccccc4c4cc(-c5ccc(-c6ccc7c(c6)c6ccccc6n7-c6ccccc6)cc5)ccc43)cc2)cc1. The summed E-state index contributed by atoms with van der Waals surface area (Å²) in [5.41, 5.74) is 14.5. The number of para-hydroxylation sites is 3. The average molecular weight is 637 g/mol. The Hall–Kier alpha value is -6.64. The molecule has 2 nitrogen and oxygen atoms in total. The van der Waals surface area contributed by atoms with Crippen LogP contribution in [0.3, 0.4) is 0 Å². The molecule has 0 saturated carbocycles. The normalized spacial score (nSPS) is 11.6. The first kappa shape index (κ1) is 28.4. The Bertz CT molecular complexity index is 2820.